The molecule has 8 amide bonds. The molecule has 28 heteroatoms. The fraction of sp³-hybridized carbons (Fsp3) is 0.653. The number of aromatic hydroxyl groups is 1. The van der Waals surface area contributed by atoms with Gasteiger partial charge in [0.05, 0.1) is 18.6 Å². The summed E-state index contributed by atoms with van der Waals surface area (Å²) >= 11 is 1.33. The van der Waals surface area contributed by atoms with E-state index in [1.54, 1.807) is 46.1 Å². The van der Waals surface area contributed by atoms with Crippen molar-refractivity contribution in [2.24, 2.45) is 39.8 Å². The van der Waals surface area contributed by atoms with Crippen LogP contribution in [0.1, 0.15) is 105 Å². The maximum absolute atomic E-state index is 14.2. The Morgan fingerprint density at radius 3 is 1.57 bits per heavy atom. The van der Waals surface area contributed by atoms with Crippen molar-refractivity contribution < 1.29 is 68.4 Å². The second kappa shape index (κ2) is 35.5. The van der Waals surface area contributed by atoms with E-state index in [1.807, 2.05) is 0 Å². The van der Waals surface area contributed by atoms with E-state index in [-0.39, 0.29) is 69.2 Å². The van der Waals surface area contributed by atoms with Crippen LogP contribution in [0.15, 0.2) is 29.3 Å². The number of carboxylic acid groups (broad SMARTS) is 2. The largest absolute Gasteiger partial charge is 0.508 e. The number of phenolic OH excluding ortho intramolecular Hbond substituents is 1. The Morgan fingerprint density at radius 2 is 1.08 bits per heavy atom. The molecular weight excluding hydrogens is 1030 g/mol. The molecule has 11 unspecified atom stereocenters. The lowest BCUT2D eigenvalue weighted by molar-refractivity contribution is -0.147. The standard InChI is InChI=1S/C49H83N13O14S/c1-8-26(4)38(46(73)56-32(13-11-20-54-49(52)53)41(68)60-36(48(75)76)24-37(65)66)61-43(70)31(12-9-10-19-50)55-42(69)33(18-21-77-7)57-47(74)39(28(6)63)62-45(72)34(22-25(2)3)59-44(71)35(58-40(67)27(5)51)23-29-14-16-30(64)17-15-29/h14-17,25-28,31-36,38-39,63-64H,8-13,18-24,50-51H2,1-7H3,(H,55,69)(H,56,73)(H,57,74)(H,58,67)(H,59,71)(H,60,68)(H,61,70)(H,62,72)(H,65,66)(H,75,76)(H4,52,53,54). The van der Waals surface area contributed by atoms with Gasteiger partial charge in [-0.25, -0.2) is 4.79 Å². The molecule has 1 rings (SSSR count). The van der Waals surface area contributed by atoms with Crippen molar-refractivity contribution in [3.05, 3.63) is 29.8 Å². The fourth-order valence-electron chi connectivity index (χ4n) is 7.45. The first kappa shape index (κ1) is 68.2. The number of hydrogen-bond acceptors (Lipinski definition) is 16. The molecule has 0 aliphatic rings. The van der Waals surface area contributed by atoms with Crippen LogP contribution < -0.4 is 65.5 Å². The van der Waals surface area contributed by atoms with Crippen LogP contribution in [0.5, 0.6) is 5.75 Å². The van der Waals surface area contributed by atoms with Crippen molar-refractivity contribution in [2.75, 3.05) is 25.1 Å². The third-order valence-electron chi connectivity index (χ3n) is 12.0. The fourth-order valence-corrected chi connectivity index (χ4v) is 7.92. The number of nitrogens with two attached hydrogens (primary N) is 4. The number of amides is 8. The lowest BCUT2D eigenvalue weighted by atomic mass is 9.96. The predicted molar refractivity (Wildman–Crippen MR) is 287 cm³/mol. The zero-order chi connectivity index (χ0) is 58.5. The second-order valence-electron chi connectivity index (χ2n) is 19.2. The SMILES string of the molecule is CCC(C)C(NC(=O)C(CCCCN)NC(=O)C(CCSC)NC(=O)C(NC(=O)C(CC(C)C)NC(=O)C(Cc1ccc(O)cc1)NC(=O)C(C)N)C(C)O)C(=O)NC(CCCN=C(N)N)C(=O)NC(CC(=O)O)C(=O)O. The van der Waals surface area contributed by atoms with Crippen LogP contribution in [0.4, 0.5) is 0 Å². The van der Waals surface area contributed by atoms with Crippen molar-refractivity contribution >= 4 is 76.9 Å². The molecule has 77 heavy (non-hydrogen) atoms. The highest BCUT2D eigenvalue weighted by atomic mass is 32.2. The number of aliphatic hydroxyl groups excluding tert-OH is 1. The predicted octanol–water partition coefficient (Wildman–Crippen LogP) is -2.87. The molecule has 0 bridgehead atoms. The summed E-state index contributed by atoms with van der Waals surface area (Å²) in [6, 6.07) is -6.67. The smallest absolute Gasteiger partial charge is 0.326 e. The number of phenols is 1. The molecule has 0 saturated carbocycles. The zero-order valence-electron chi connectivity index (χ0n) is 45.0. The highest BCUT2D eigenvalue weighted by molar-refractivity contribution is 7.98. The van der Waals surface area contributed by atoms with Gasteiger partial charge in [-0.3, -0.25) is 48.1 Å². The average Bonchev–Trinajstić information content (AvgIpc) is 3.35. The number of benzene rings is 1. The number of hydrogen-bond donors (Lipinski definition) is 16. The van der Waals surface area contributed by atoms with Crippen molar-refractivity contribution in [1.29, 1.82) is 0 Å². The molecule has 0 saturated heterocycles. The molecule has 0 heterocycles. The molecule has 0 aliphatic carbocycles. The minimum Gasteiger partial charge on any atom is -0.508 e. The molecule has 0 radical (unpaired) electrons. The van der Waals surface area contributed by atoms with Gasteiger partial charge in [0.25, 0.3) is 0 Å². The van der Waals surface area contributed by atoms with E-state index in [1.165, 1.54) is 37.7 Å². The van der Waals surface area contributed by atoms with Gasteiger partial charge in [0.1, 0.15) is 54.1 Å². The maximum Gasteiger partial charge on any atom is 0.326 e. The van der Waals surface area contributed by atoms with Crippen LogP contribution in [0.2, 0.25) is 0 Å². The summed E-state index contributed by atoms with van der Waals surface area (Å²) in [5, 5.41) is 59.7. The van der Waals surface area contributed by atoms with Crippen LogP contribution in [0, 0.1) is 11.8 Å². The van der Waals surface area contributed by atoms with Crippen molar-refractivity contribution in [3.63, 3.8) is 0 Å². The number of rotatable bonds is 37. The summed E-state index contributed by atoms with van der Waals surface area (Å²) < 4.78 is 0. The molecule has 27 nitrogen and oxygen atoms in total. The molecule has 20 N–H and O–H groups in total. The number of carboxylic acids is 2. The average molecular weight is 1110 g/mol. The topological polar surface area (TPSA) is 464 Å². The van der Waals surface area contributed by atoms with Gasteiger partial charge in [-0.15, -0.1) is 0 Å². The Balaban J connectivity index is 3.51. The van der Waals surface area contributed by atoms with E-state index in [0.29, 0.717) is 30.6 Å². The van der Waals surface area contributed by atoms with E-state index in [4.69, 9.17) is 22.9 Å². The number of unbranched alkanes of at least 4 members (excludes halogenated alkanes) is 1. The summed E-state index contributed by atoms with van der Waals surface area (Å²) in [5.74, 6) is -10.8. The maximum atomic E-state index is 14.2. The third-order valence-corrected chi connectivity index (χ3v) is 12.7. The van der Waals surface area contributed by atoms with Crippen molar-refractivity contribution in [1.82, 2.24) is 42.5 Å². The molecule has 0 spiro atoms. The number of aliphatic carboxylic acids is 2. The van der Waals surface area contributed by atoms with Gasteiger partial charge >= 0.3 is 11.9 Å². The molecule has 0 aromatic heterocycles. The van der Waals surface area contributed by atoms with E-state index < -0.39 is 132 Å². The lowest BCUT2D eigenvalue weighted by Gasteiger charge is -2.30. The molecule has 1 aromatic carbocycles. The Bertz CT molecular complexity index is 2150. The van der Waals surface area contributed by atoms with Gasteiger partial charge in [0, 0.05) is 13.0 Å². The van der Waals surface area contributed by atoms with Gasteiger partial charge in [-0.2, -0.15) is 11.8 Å². The number of aliphatic hydroxyl groups is 1. The van der Waals surface area contributed by atoms with Crippen LogP contribution in [0.25, 0.3) is 0 Å². The van der Waals surface area contributed by atoms with E-state index in [9.17, 15) is 68.4 Å². The van der Waals surface area contributed by atoms with E-state index in [0.717, 1.165) is 0 Å². The quantitative estimate of drug-likeness (QED) is 0.0181. The third kappa shape index (κ3) is 26.2. The van der Waals surface area contributed by atoms with Gasteiger partial charge in [0.2, 0.25) is 47.3 Å². The highest BCUT2D eigenvalue weighted by Crippen LogP contribution is 2.15. The molecule has 11 atom stereocenters. The Morgan fingerprint density at radius 1 is 0.610 bits per heavy atom. The number of carbonyl (C=O) groups excluding carboxylic acids is 8. The van der Waals surface area contributed by atoms with Crippen LogP contribution >= 0.6 is 11.8 Å². The van der Waals surface area contributed by atoms with Crippen molar-refractivity contribution in [2.45, 2.75) is 166 Å². The minimum absolute atomic E-state index is 0.00230. The number of carbonyl (C=O) groups is 10. The minimum atomic E-state index is -1.85. The monoisotopic (exact) mass is 1110 g/mol. The summed E-state index contributed by atoms with van der Waals surface area (Å²) in [4.78, 5) is 138. The molecule has 0 aliphatic heterocycles. The van der Waals surface area contributed by atoms with E-state index >= 15 is 0 Å². The number of thioether (sulfide) groups is 1. The van der Waals surface area contributed by atoms with E-state index in [2.05, 4.69) is 47.5 Å². The number of nitrogens with one attached hydrogen (secondary N) is 8. The van der Waals surface area contributed by atoms with Gasteiger partial charge in [0.15, 0.2) is 5.96 Å². The summed E-state index contributed by atoms with van der Waals surface area (Å²) in [6.45, 7) is 9.80. The Kier molecular flexibility index (Phi) is 31.5. The molecule has 434 valence electrons. The van der Waals surface area contributed by atoms with Crippen LogP contribution in [-0.4, -0.2) is 171 Å². The second-order valence-corrected chi connectivity index (χ2v) is 20.2. The van der Waals surface area contributed by atoms with Gasteiger partial charge < -0.3 is 85.9 Å². The first-order chi connectivity index (χ1) is 36.1. The van der Waals surface area contributed by atoms with Crippen LogP contribution in [0.3, 0.4) is 0 Å². The summed E-state index contributed by atoms with van der Waals surface area (Å²) in [7, 11) is 0. The summed E-state index contributed by atoms with van der Waals surface area (Å²) in [6.07, 6.45) is 0.211. The summed E-state index contributed by atoms with van der Waals surface area (Å²) in [5.41, 5.74) is 22.9. The number of guanidine groups is 1. The normalized spacial score (nSPS) is 15.4. The van der Waals surface area contributed by atoms with Gasteiger partial charge in [-0.1, -0.05) is 46.2 Å². The Hall–Kier alpha value is -6.78. The lowest BCUT2D eigenvalue weighted by Crippen LogP contribution is -2.62. The molecular formula is C49H83N13O14S. The molecule has 1 aromatic rings. The Labute approximate surface area is 453 Å². The number of nitrogens with zero attached hydrogens (tertiary/aromatic N) is 1. The van der Waals surface area contributed by atoms with Crippen molar-refractivity contribution in [3.8, 4) is 5.75 Å². The number of aliphatic imine (C=N–C) groups is 1. The van der Waals surface area contributed by atoms with Gasteiger partial charge in [-0.05, 0) is 107 Å². The first-order valence-electron chi connectivity index (χ1n) is 25.5. The zero-order valence-corrected chi connectivity index (χ0v) is 45.8. The molecule has 0 fully saturated rings. The van der Waals surface area contributed by atoms with Crippen LogP contribution in [-0.2, 0) is 54.4 Å². The highest BCUT2D eigenvalue weighted by Gasteiger charge is 2.37. The first-order valence-corrected chi connectivity index (χ1v) is 26.9.